The number of ketones is 1. The first-order valence-electron chi connectivity index (χ1n) is 43.4. The maximum atomic E-state index is 15.4. The lowest BCUT2D eigenvalue weighted by atomic mass is 9.92. The summed E-state index contributed by atoms with van der Waals surface area (Å²) >= 11 is 0. The van der Waals surface area contributed by atoms with Crippen molar-refractivity contribution in [1.29, 1.82) is 0 Å². The van der Waals surface area contributed by atoms with Gasteiger partial charge in [0.25, 0.3) is 0 Å². The van der Waals surface area contributed by atoms with E-state index < -0.39 is 185 Å². The van der Waals surface area contributed by atoms with Gasteiger partial charge < -0.3 is 101 Å². The van der Waals surface area contributed by atoms with Gasteiger partial charge in [0, 0.05) is 32.4 Å². The molecule has 0 aromatic heterocycles. The maximum absolute atomic E-state index is 15.4. The highest BCUT2D eigenvalue weighted by Gasteiger charge is 2.45. The summed E-state index contributed by atoms with van der Waals surface area (Å²) in [5.41, 5.74) is 19.4. The van der Waals surface area contributed by atoms with E-state index in [9.17, 15) is 48.6 Å². The fourth-order valence-electron chi connectivity index (χ4n) is 15.5. The molecule has 0 spiro atoms. The van der Waals surface area contributed by atoms with E-state index in [1.54, 1.807) is 96.1 Å². The van der Waals surface area contributed by atoms with Crippen molar-refractivity contribution in [2.75, 3.05) is 32.7 Å². The number of nitrogens with zero attached hydrogens (tertiary/aromatic N) is 2. The average molecular weight is 1690 g/mol. The summed E-state index contributed by atoms with van der Waals surface area (Å²) in [5.74, 6) is -12.6. The van der Waals surface area contributed by atoms with Crippen LogP contribution in [0.25, 0.3) is 0 Å². The van der Waals surface area contributed by atoms with Crippen molar-refractivity contribution in [3.63, 3.8) is 0 Å². The van der Waals surface area contributed by atoms with E-state index in [1.165, 1.54) is 34.1 Å². The van der Waals surface area contributed by atoms with Crippen molar-refractivity contribution in [1.82, 2.24) is 73.6 Å². The van der Waals surface area contributed by atoms with Gasteiger partial charge in [-0.25, -0.2) is 4.79 Å². The number of carbonyl (C=O) groups excluding carboxylic acids is 14. The van der Waals surface area contributed by atoms with Gasteiger partial charge in [-0.2, -0.15) is 0 Å². The zero-order valence-corrected chi connectivity index (χ0v) is 72.8. The first-order chi connectivity index (χ1) is 57.4. The van der Waals surface area contributed by atoms with Gasteiger partial charge in [-0.1, -0.05) is 138 Å². The highest BCUT2D eigenvalue weighted by Crippen LogP contribution is 2.26. The van der Waals surface area contributed by atoms with Crippen LogP contribution in [0.5, 0.6) is 11.5 Å². The number of rotatable bonds is 27. The molecule has 20 N–H and O–H groups in total. The van der Waals surface area contributed by atoms with E-state index >= 15 is 28.8 Å². The molecule has 0 aliphatic carbocycles. The number of urea groups is 1. The number of phenolic OH excluding ortho intramolecular Hbond substituents is 2. The topological polar surface area (TPSA) is 508 Å². The second-order valence-electron chi connectivity index (χ2n) is 34.8. The van der Waals surface area contributed by atoms with Crippen LogP contribution >= 0.6 is 0 Å². The van der Waals surface area contributed by atoms with Crippen molar-refractivity contribution in [2.24, 2.45) is 52.7 Å². The van der Waals surface area contributed by atoms with Crippen LogP contribution in [0, 0.1) is 35.5 Å². The van der Waals surface area contributed by atoms with E-state index in [1.807, 2.05) is 41.5 Å². The van der Waals surface area contributed by atoms with Crippen LogP contribution in [0.3, 0.4) is 0 Å². The minimum absolute atomic E-state index is 0.0208. The summed E-state index contributed by atoms with van der Waals surface area (Å²) in [6.07, 6.45) is 2.93. The number of fused-ring (bicyclic) bond motifs is 2. The molecular formula is C88H137N17O16. The molecule has 0 radical (unpaired) electrons. The Bertz CT molecular complexity index is 3940. The summed E-state index contributed by atoms with van der Waals surface area (Å²) in [7, 11) is 0. The van der Waals surface area contributed by atoms with Crippen molar-refractivity contribution in [2.45, 2.75) is 290 Å². The van der Waals surface area contributed by atoms with Gasteiger partial charge in [0.1, 0.15) is 84.0 Å². The zero-order valence-electron chi connectivity index (χ0n) is 72.8. The predicted octanol–water partition coefficient (Wildman–Crippen LogP) is 3.07. The van der Waals surface area contributed by atoms with Gasteiger partial charge in [0.15, 0.2) is 5.78 Å². The predicted molar refractivity (Wildman–Crippen MR) is 458 cm³/mol. The number of phenols is 2. The Labute approximate surface area is 712 Å². The van der Waals surface area contributed by atoms with Gasteiger partial charge in [0.05, 0.1) is 12.1 Å². The quantitative estimate of drug-likeness (QED) is 0.0488. The Kier molecular flexibility index (Phi) is 40.8. The summed E-state index contributed by atoms with van der Waals surface area (Å²) in [4.78, 5) is 213. The van der Waals surface area contributed by atoms with E-state index in [4.69, 9.17) is 17.2 Å². The molecule has 3 aromatic carbocycles. The van der Waals surface area contributed by atoms with E-state index in [0.29, 0.717) is 68.1 Å². The molecule has 0 unspecified atom stereocenters. The molecule has 121 heavy (non-hydrogen) atoms. The normalized spacial score (nSPS) is 25.4. The molecule has 0 bridgehead atoms. The van der Waals surface area contributed by atoms with Crippen molar-refractivity contribution in [3.05, 3.63) is 95.6 Å². The molecule has 6 rings (SSSR count). The van der Waals surface area contributed by atoms with Gasteiger partial charge in [0.2, 0.25) is 70.9 Å². The number of unbranched alkanes of at least 4 members (excludes halogenated alkanes) is 3. The molecule has 3 aliphatic heterocycles. The maximum Gasteiger partial charge on any atom is 0.316 e. The van der Waals surface area contributed by atoms with Crippen molar-refractivity contribution >= 4 is 82.7 Å². The number of aromatic hydroxyl groups is 2. The minimum atomic E-state index is -1.44. The summed E-state index contributed by atoms with van der Waals surface area (Å²) < 4.78 is 0. The Morgan fingerprint density at radius 3 is 1.12 bits per heavy atom. The zero-order chi connectivity index (χ0) is 89.3. The van der Waals surface area contributed by atoms with Crippen LogP contribution in [-0.4, -0.2) is 220 Å². The molecule has 14 amide bonds. The number of benzene rings is 3. The second-order valence-corrected chi connectivity index (χ2v) is 34.8. The Morgan fingerprint density at radius 2 is 0.669 bits per heavy atom. The Morgan fingerprint density at radius 1 is 0.331 bits per heavy atom. The molecule has 3 heterocycles. The Hall–Kier alpha value is -10.3. The minimum Gasteiger partial charge on any atom is -0.508 e. The van der Waals surface area contributed by atoms with Crippen molar-refractivity contribution in [3.8, 4) is 11.5 Å². The number of hydrogen-bond acceptors (Lipinski definition) is 19. The number of nitrogens with two attached hydrogens (primary N) is 3. The monoisotopic (exact) mass is 1690 g/mol. The molecule has 0 saturated carbocycles. The summed E-state index contributed by atoms with van der Waals surface area (Å²) in [6.45, 7) is 21.8. The summed E-state index contributed by atoms with van der Waals surface area (Å²) in [5, 5.41) is 55.0. The largest absolute Gasteiger partial charge is 0.508 e. The number of amides is 14. The van der Waals surface area contributed by atoms with Crippen LogP contribution in [0.15, 0.2) is 78.9 Å². The van der Waals surface area contributed by atoms with E-state index in [0.717, 1.165) is 0 Å². The highest BCUT2D eigenvalue weighted by molar-refractivity contribution is 6.02. The molecule has 670 valence electrons. The highest BCUT2D eigenvalue weighted by atomic mass is 16.3. The first kappa shape index (κ1) is 99.5. The number of carbonyl (C=O) groups is 14. The fourth-order valence-corrected chi connectivity index (χ4v) is 15.5. The first-order valence-corrected chi connectivity index (χ1v) is 43.4. The number of Topliss-reactive ketones (excluding diaryl/α,β-unsaturated/α-hetero) is 1. The lowest BCUT2D eigenvalue weighted by Gasteiger charge is -2.32. The molecule has 3 saturated heterocycles. The molecule has 33 nitrogen and oxygen atoms in total. The van der Waals surface area contributed by atoms with E-state index in [2.05, 4.69) is 63.8 Å². The third-order valence-electron chi connectivity index (χ3n) is 22.1. The number of hydrogen-bond donors (Lipinski definition) is 17. The molecule has 3 fully saturated rings. The smallest absolute Gasteiger partial charge is 0.316 e. The molecule has 33 heteroatoms. The standard InChI is InChI=1S/C88H137N17O16/c1-50(2)43-64-75(108)61(29-16-19-38-89)92-83(116)74(55(11)12)103-82(115)71-33-24-42-105(71)86(119)68(48-57-34-36-59(106)37-35-57)97-79(112)65(44-51(3)4)95-76(109)62(30-17-20-39-90)94-84(117)72(53(7)8)101-77(110)63(31-18-21-40-91)93-78(111)66(45-52(5)6)96-81(114)70-32-23-41-104(70)87(120)69(49-58-27-22-28-60(107)46-58)98-85(118)73(54(9)10)102-80(113)67(100-88(121)99-64)47-56-25-14-13-15-26-56/h13-15,22,25-28,34-37,46,50-55,61-74,106-107H,16-21,23-24,29-33,38-45,47-49,89-91H2,1-12H3,(H,92,116)(H,93,111)(H,94,117)(H,95,109)(H,96,114)(H,97,112)(H,98,118)(H,101,110)(H,102,113)(H,103,115)(H2,99,100,121)/t61-,62-,63-,64-,65-,66-,67-,68-,69+,70-,71-,72-,73-,74-/m0/s1. The second kappa shape index (κ2) is 49.6. The number of nitrogens with one attached hydrogen (secondary N) is 12. The third-order valence-corrected chi connectivity index (χ3v) is 22.1. The molecule has 3 aromatic rings. The van der Waals surface area contributed by atoms with Crippen molar-refractivity contribution < 1.29 is 77.3 Å². The summed E-state index contributed by atoms with van der Waals surface area (Å²) in [6, 6.07) is 1.13. The lowest BCUT2D eigenvalue weighted by molar-refractivity contribution is -0.143. The van der Waals surface area contributed by atoms with E-state index in [-0.39, 0.29) is 133 Å². The lowest BCUT2D eigenvalue weighted by Crippen LogP contribution is -2.62. The van der Waals surface area contributed by atoms with Crippen LogP contribution in [0.1, 0.15) is 203 Å². The molecular weight excluding hydrogens is 1550 g/mol. The molecule has 3 aliphatic rings. The average Bonchev–Trinajstić information content (AvgIpc) is 1.70. The van der Waals surface area contributed by atoms with Gasteiger partial charge in [-0.05, 0) is 199 Å². The molecule has 14 atom stereocenters. The van der Waals surface area contributed by atoms with Crippen LogP contribution in [0.4, 0.5) is 4.79 Å². The van der Waals surface area contributed by atoms with Crippen LogP contribution < -0.4 is 81.0 Å². The van der Waals surface area contributed by atoms with Gasteiger partial charge >= 0.3 is 6.03 Å². The SMILES string of the molecule is CC(C)C[C@@H]1NC(=O)[C@H](CCCCN)NC(=O)[C@H](C(C)C)NC(=O)[C@H](CCCCN)NC(=O)[C@H](CC(C)C)NC(=O)[C@@H]2CCCN2C(=O)[C@@H](Cc2cccc(O)c2)NC(=O)[C@H](C(C)C)NC(=O)[C@H](Cc2ccccc2)NC(=O)N[C@@H](CC(C)C)C(=O)[C@H](CCCCN)NC(=O)[C@H](C(C)C)NC(=O)[C@@H]2CCCN2C(=O)[C@H](Cc2ccc(O)cc2)NC1=O. The fraction of sp³-hybridized carbons (Fsp3) is 0.636. The van der Waals surface area contributed by atoms with Crippen LogP contribution in [-0.2, 0) is 81.6 Å². The van der Waals surface area contributed by atoms with Crippen LogP contribution in [0.2, 0.25) is 0 Å². The Balaban J connectivity index is 1.46. The third kappa shape index (κ3) is 31.6. The van der Waals surface area contributed by atoms with Gasteiger partial charge in [-0.15, -0.1) is 0 Å². The van der Waals surface area contributed by atoms with Gasteiger partial charge in [-0.3, -0.25) is 62.3 Å².